The zero-order valence-electron chi connectivity index (χ0n) is 14.3. The molecule has 0 radical (unpaired) electrons. The molecule has 0 aliphatic carbocycles. The van der Waals surface area contributed by atoms with Crippen molar-refractivity contribution in [3.8, 4) is 11.5 Å². The van der Waals surface area contributed by atoms with Gasteiger partial charge in [0.15, 0.2) is 0 Å². The van der Waals surface area contributed by atoms with Crippen molar-refractivity contribution in [2.24, 2.45) is 5.41 Å². The third-order valence-corrected chi connectivity index (χ3v) is 5.40. The van der Waals surface area contributed by atoms with Crippen LogP contribution in [0.3, 0.4) is 0 Å². The van der Waals surface area contributed by atoms with Gasteiger partial charge in [0.2, 0.25) is 0 Å². The van der Waals surface area contributed by atoms with E-state index in [-0.39, 0.29) is 0 Å². The first kappa shape index (κ1) is 15.4. The van der Waals surface area contributed by atoms with Crippen LogP contribution in [0, 0.1) is 5.41 Å². The van der Waals surface area contributed by atoms with E-state index >= 15 is 0 Å². The van der Waals surface area contributed by atoms with Gasteiger partial charge in [0.25, 0.3) is 0 Å². The molecule has 6 heteroatoms. The highest BCUT2D eigenvalue weighted by Gasteiger charge is 2.38. The van der Waals surface area contributed by atoms with Crippen molar-refractivity contribution < 1.29 is 9.47 Å². The SMILES string of the molecule is COc1cc(OC)c2ncnc(N3CCCC4(CCNC4)C3)c2c1. The summed E-state index contributed by atoms with van der Waals surface area (Å²) in [7, 11) is 3.33. The van der Waals surface area contributed by atoms with Gasteiger partial charge in [0.1, 0.15) is 29.2 Å². The first-order valence-electron chi connectivity index (χ1n) is 8.57. The van der Waals surface area contributed by atoms with E-state index in [0.29, 0.717) is 5.41 Å². The Morgan fingerprint density at radius 2 is 2.08 bits per heavy atom. The minimum Gasteiger partial charge on any atom is -0.497 e. The van der Waals surface area contributed by atoms with Gasteiger partial charge in [-0.2, -0.15) is 0 Å². The number of anilines is 1. The molecule has 6 nitrogen and oxygen atoms in total. The Balaban J connectivity index is 1.78. The van der Waals surface area contributed by atoms with Crippen LogP contribution in [0.2, 0.25) is 0 Å². The van der Waals surface area contributed by atoms with E-state index in [0.717, 1.165) is 54.4 Å². The van der Waals surface area contributed by atoms with Crippen molar-refractivity contribution in [1.82, 2.24) is 15.3 Å². The van der Waals surface area contributed by atoms with E-state index < -0.39 is 0 Å². The van der Waals surface area contributed by atoms with Gasteiger partial charge in [-0.1, -0.05) is 0 Å². The zero-order chi connectivity index (χ0) is 16.6. The van der Waals surface area contributed by atoms with E-state index in [1.165, 1.54) is 19.3 Å². The van der Waals surface area contributed by atoms with Crippen molar-refractivity contribution in [2.75, 3.05) is 45.3 Å². The lowest BCUT2D eigenvalue weighted by atomic mass is 9.79. The van der Waals surface area contributed by atoms with Crippen molar-refractivity contribution in [2.45, 2.75) is 19.3 Å². The van der Waals surface area contributed by atoms with Crippen LogP contribution in [0.4, 0.5) is 5.82 Å². The standard InChI is InChI=1S/C18H24N4O2/c1-23-13-8-14-16(15(9-13)24-2)20-12-21-17(14)22-7-3-4-18(11-22)5-6-19-10-18/h8-9,12,19H,3-7,10-11H2,1-2H3. The second-order valence-corrected chi connectivity index (χ2v) is 6.87. The number of ether oxygens (including phenoxy) is 2. The fourth-order valence-electron chi connectivity index (χ4n) is 4.16. The summed E-state index contributed by atoms with van der Waals surface area (Å²) in [6, 6.07) is 3.89. The van der Waals surface area contributed by atoms with E-state index in [9.17, 15) is 0 Å². The molecule has 4 rings (SSSR count). The third-order valence-electron chi connectivity index (χ3n) is 5.40. The molecule has 2 aliphatic rings. The number of hydrogen-bond acceptors (Lipinski definition) is 6. The topological polar surface area (TPSA) is 59.5 Å². The monoisotopic (exact) mass is 328 g/mol. The maximum Gasteiger partial charge on any atom is 0.148 e. The summed E-state index contributed by atoms with van der Waals surface area (Å²) in [6.45, 7) is 4.32. The second-order valence-electron chi connectivity index (χ2n) is 6.87. The summed E-state index contributed by atoms with van der Waals surface area (Å²) in [4.78, 5) is 11.5. The first-order valence-corrected chi connectivity index (χ1v) is 8.57. The molecule has 2 fully saturated rings. The van der Waals surface area contributed by atoms with Gasteiger partial charge in [-0.3, -0.25) is 0 Å². The summed E-state index contributed by atoms with van der Waals surface area (Å²) in [5.41, 5.74) is 1.23. The average molecular weight is 328 g/mol. The maximum atomic E-state index is 5.51. The molecule has 24 heavy (non-hydrogen) atoms. The Labute approximate surface area is 142 Å². The minimum absolute atomic E-state index is 0.387. The zero-order valence-corrected chi connectivity index (χ0v) is 14.3. The summed E-state index contributed by atoms with van der Waals surface area (Å²) in [5, 5.41) is 4.53. The Morgan fingerprint density at radius 1 is 1.17 bits per heavy atom. The summed E-state index contributed by atoms with van der Waals surface area (Å²) < 4.78 is 10.9. The van der Waals surface area contributed by atoms with Gasteiger partial charge in [-0.15, -0.1) is 0 Å². The number of piperidine rings is 1. The van der Waals surface area contributed by atoms with Crippen molar-refractivity contribution in [1.29, 1.82) is 0 Å². The van der Waals surface area contributed by atoms with Crippen LogP contribution in [0.15, 0.2) is 18.5 Å². The van der Waals surface area contributed by atoms with Crippen LogP contribution < -0.4 is 19.7 Å². The van der Waals surface area contributed by atoms with Crippen LogP contribution in [0.1, 0.15) is 19.3 Å². The van der Waals surface area contributed by atoms with Gasteiger partial charge in [0, 0.05) is 31.1 Å². The third kappa shape index (κ3) is 2.55. The Hall–Kier alpha value is -2.08. The van der Waals surface area contributed by atoms with Crippen molar-refractivity contribution in [3.05, 3.63) is 18.5 Å². The predicted octanol–water partition coefficient (Wildman–Crippen LogP) is 2.23. The highest BCUT2D eigenvalue weighted by molar-refractivity contribution is 5.94. The lowest BCUT2D eigenvalue weighted by Gasteiger charge is -2.40. The Kier molecular flexibility index (Phi) is 3.92. The van der Waals surface area contributed by atoms with E-state index in [2.05, 4.69) is 20.2 Å². The van der Waals surface area contributed by atoms with Crippen molar-refractivity contribution >= 4 is 16.7 Å². The lowest BCUT2D eigenvalue weighted by molar-refractivity contribution is 0.260. The number of nitrogens with zero attached hydrogens (tertiary/aromatic N) is 3. The van der Waals surface area contributed by atoms with Crippen LogP contribution in [0.5, 0.6) is 11.5 Å². The molecule has 2 saturated heterocycles. The second kappa shape index (κ2) is 6.09. The molecule has 1 spiro atoms. The highest BCUT2D eigenvalue weighted by atomic mass is 16.5. The number of benzene rings is 1. The van der Waals surface area contributed by atoms with Gasteiger partial charge in [-0.25, -0.2) is 9.97 Å². The van der Waals surface area contributed by atoms with Gasteiger partial charge < -0.3 is 19.7 Å². The Bertz CT molecular complexity index is 743. The summed E-state index contributed by atoms with van der Waals surface area (Å²) in [5.74, 6) is 2.48. The molecule has 0 bridgehead atoms. The van der Waals surface area contributed by atoms with Crippen LogP contribution in [0.25, 0.3) is 10.9 Å². The fourth-order valence-corrected chi connectivity index (χ4v) is 4.16. The number of fused-ring (bicyclic) bond motifs is 1. The molecule has 2 aromatic rings. The normalized spacial score (nSPS) is 23.8. The quantitative estimate of drug-likeness (QED) is 0.932. The largest absolute Gasteiger partial charge is 0.497 e. The molecular weight excluding hydrogens is 304 g/mol. The average Bonchev–Trinajstić information content (AvgIpc) is 3.07. The number of nitrogens with one attached hydrogen (secondary N) is 1. The van der Waals surface area contributed by atoms with E-state index in [1.54, 1.807) is 20.5 Å². The van der Waals surface area contributed by atoms with Crippen molar-refractivity contribution in [3.63, 3.8) is 0 Å². The Morgan fingerprint density at radius 3 is 2.83 bits per heavy atom. The van der Waals surface area contributed by atoms with Gasteiger partial charge >= 0.3 is 0 Å². The highest BCUT2D eigenvalue weighted by Crippen LogP contribution is 2.40. The number of rotatable bonds is 3. The maximum absolute atomic E-state index is 5.51. The molecule has 2 aliphatic heterocycles. The molecular formula is C18H24N4O2. The summed E-state index contributed by atoms with van der Waals surface area (Å²) >= 11 is 0. The molecule has 1 N–H and O–H groups in total. The van der Waals surface area contributed by atoms with E-state index in [1.807, 2.05) is 12.1 Å². The van der Waals surface area contributed by atoms with Gasteiger partial charge in [-0.05, 0) is 31.9 Å². The number of hydrogen-bond donors (Lipinski definition) is 1. The summed E-state index contributed by atoms with van der Waals surface area (Å²) in [6.07, 6.45) is 5.39. The van der Waals surface area contributed by atoms with E-state index in [4.69, 9.17) is 9.47 Å². The predicted molar refractivity (Wildman–Crippen MR) is 94.0 cm³/mol. The minimum atomic E-state index is 0.387. The van der Waals surface area contributed by atoms with Crippen LogP contribution in [-0.2, 0) is 0 Å². The smallest absolute Gasteiger partial charge is 0.148 e. The first-order chi connectivity index (χ1) is 11.7. The molecule has 3 heterocycles. The van der Waals surface area contributed by atoms with Gasteiger partial charge in [0.05, 0.1) is 19.6 Å². The molecule has 1 unspecified atom stereocenters. The molecule has 128 valence electrons. The molecule has 1 aromatic heterocycles. The molecule has 1 aromatic carbocycles. The van der Waals surface area contributed by atoms with Crippen LogP contribution in [-0.4, -0.2) is 50.4 Å². The van der Waals surface area contributed by atoms with Crippen LogP contribution >= 0.6 is 0 Å². The number of aromatic nitrogens is 2. The molecule has 0 amide bonds. The fraction of sp³-hybridized carbons (Fsp3) is 0.556. The lowest BCUT2D eigenvalue weighted by Crippen LogP contribution is -2.45. The number of methoxy groups -OCH3 is 2. The molecule has 1 atom stereocenters. The molecule has 0 saturated carbocycles.